The topological polar surface area (TPSA) is 167 Å². The monoisotopic (exact) mass is 785 g/mol. The number of amides is 2. The van der Waals surface area contributed by atoms with E-state index in [4.69, 9.17) is 30.5 Å². The van der Waals surface area contributed by atoms with Crippen molar-refractivity contribution < 1.29 is 37.7 Å². The first kappa shape index (κ1) is 39.8. The summed E-state index contributed by atoms with van der Waals surface area (Å²) in [6.07, 6.45) is -0.668. The number of hydrogen-bond donors (Lipinski definition) is 2. The minimum absolute atomic E-state index is 0.0407. The first-order valence-corrected chi connectivity index (χ1v) is 18.3. The molecule has 292 valence electrons. The van der Waals surface area contributed by atoms with Crippen LogP contribution in [0.5, 0.6) is 5.88 Å². The number of nitrogens with zero attached hydrogens (tertiary/aromatic N) is 5. The quantitative estimate of drug-likeness (QED) is 0.122. The Kier molecular flexibility index (Phi) is 12.9. The standard InChI is InChI=1S/C40H41ClFN7O7/c1-23(2)17-35(50)45-24(3)39(51)46-26-7-5-25(6-8-26)21-55-40(52)56-38(33-11-12-36(53-4)48-47-33)29-19-30(32(42)20-31(29)41)37-28-10-9-27(18-34(28)43-22-44-37)49-13-15-54-16-14-49/h5-12,18-20,22-24,38H,13-17,21H2,1-4H3,(H,45,50)(H,46,51). The first-order valence-electron chi connectivity index (χ1n) is 18.0. The first-order chi connectivity index (χ1) is 27.0. The van der Waals surface area contributed by atoms with Crippen LogP contribution in [0.15, 0.2) is 73.1 Å². The number of fused-ring (bicyclic) bond motifs is 1. The van der Waals surface area contributed by atoms with Gasteiger partial charge in [0.15, 0.2) is 6.10 Å². The lowest BCUT2D eigenvalue weighted by Crippen LogP contribution is -2.41. The summed E-state index contributed by atoms with van der Waals surface area (Å²) >= 11 is 6.64. The van der Waals surface area contributed by atoms with Crippen molar-refractivity contribution in [3.8, 4) is 17.1 Å². The van der Waals surface area contributed by atoms with Crippen LogP contribution < -0.4 is 20.3 Å². The Bertz CT molecular complexity index is 2190. The molecule has 56 heavy (non-hydrogen) atoms. The van der Waals surface area contributed by atoms with Crippen molar-refractivity contribution in [2.24, 2.45) is 5.92 Å². The minimum atomic E-state index is -1.28. The Balaban J connectivity index is 1.20. The molecule has 0 aliphatic carbocycles. The summed E-state index contributed by atoms with van der Waals surface area (Å²) in [5.74, 6) is -0.850. The van der Waals surface area contributed by atoms with Gasteiger partial charge in [-0.1, -0.05) is 37.6 Å². The Hall–Kier alpha value is -5.93. The van der Waals surface area contributed by atoms with Gasteiger partial charge in [0.25, 0.3) is 0 Å². The van der Waals surface area contributed by atoms with Crippen LogP contribution in [-0.4, -0.2) is 77.6 Å². The van der Waals surface area contributed by atoms with Gasteiger partial charge in [0.1, 0.15) is 30.5 Å². The normalized spacial score (nSPS) is 13.9. The molecule has 16 heteroatoms. The second kappa shape index (κ2) is 18.1. The molecular formula is C40H41ClFN7O7. The maximum absolute atomic E-state index is 15.8. The van der Waals surface area contributed by atoms with Gasteiger partial charge < -0.3 is 34.5 Å². The lowest BCUT2D eigenvalue weighted by atomic mass is 9.99. The van der Waals surface area contributed by atoms with Crippen molar-refractivity contribution in [2.45, 2.75) is 45.9 Å². The van der Waals surface area contributed by atoms with Crippen molar-refractivity contribution in [3.05, 3.63) is 101 Å². The zero-order chi connectivity index (χ0) is 39.8. The highest BCUT2D eigenvalue weighted by molar-refractivity contribution is 6.31. The van der Waals surface area contributed by atoms with Gasteiger partial charge in [0, 0.05) is 53.5 Å². The summed E-state index contributed by atoms with van der Waals surface area (Å²) in [4.78, 5) is 49.0. The van der Waals surface area contributed by atoms with Gasteiger partial charge in [-0.3, -0.25) is 9.59 Å². The molecule has 2 N–H and O–H groups in total. The molecular weight excluding hydrogens is 745 g/mol. The number of carbonyl (C=O) groups is 3. The van der Waals surface area contributed by atoms with E-state index in [1.165, 1.54) is 25.6 Å². The molecule has 0 bridgehead atoms. The second-order valence-electron chi connectivity index (χ2n) is 13.5. The van der Waals surface area contributed by atoms with Crippen molar-refractivity contribution in [2.75, 3.05) is 43.6 Å². The van der Waals surface area contributed by atoms with Crippen molar-refractivity contribution in [3.63, 3.8) is 0 Å². The van der Waals surface area contributed by atoms with Crippen molar-refractivity contribution in [1.82, 2.24) is 25.5 Å². The number of anilines is 2. The molecule has 5 aromatic rings. The highest BCUT2D eigenvalue weighted by Crippen LogP contribution is 2.38. The number of ether oxygens (including phenoxy) is 4. The van der Waals surface area contributed by atoms with E-state index in [1.807, 2.05) is 32.0 Å². The molecule has 3 heterocycles. The second-order valence-corrected chi connectivity index (χ2v) is 13.9. The maximum atomic E-state index is 15.8. The average molecular weight is 786 g/mol. The third-order valence-electron chi connectivity index (χ3n) is 8.92. The highest BCUT2D eigenvalue weighted by Gasteiger charge is 2.28. The molecule has 3 aromatic carbocycles. The Morgan fingerprint density at radius 3 is 2.43 bits per heavy atom. The van der Waals surface area contributed by atoms with Gasteiger partial charge in [-0.05, 0) is 66.9 Å². The molecule has 6 rings (SSSR count). The van der Waals surface area contributed by atoms with Gasteiger partial charge in [-0.25, -0.2) is 19.2 Å². The fourth-order valence-electron chi connectivity index (χ4n) is 6.03. The third kappa shape index (κ3) is 9.83. The Morgan fingerprint density at radius 1 is 0.964 bits per heavy atom. The van der Waals surface area contributed by atoms with E-state index in [-0.39, 0.29) is 52.1 Å². The largest absolute Gasteiger partial charge is 0.509 e. The predicted molar refractivity (Wildman–Crippen MR) is 207 cm³/mol. The molecule has 1 saturated heterocycles. The van der Waals surface area contributed by atoms with Crippen molar-refractivity contribution >= 4 is 51.8 Å². The van der Waals surface area contributed by atoms with Gasteiger partial charge in [-0.15, -0.1) is 10.2 Å². The number of rotatable bonds is 13. The number of nitrogens with one attached hydrogen (secondary N) is 2. The molecule has 0 spiro atoms. The molecule has 2 amide bonds. The van der Waals surface area contributed by atoms with E-state index >= 15 is 4.39 Å². The van der Waals surface area contributed by atoms with Crippen LogP contribution in [0.4, 0.5) is 20.6 Å². The van der Waals surface area contributed by atoms with Gasteiger partial charge >= 0.3 is 6.16 Å². The highest BCUT2D eigenvalue weighted by atomic mass is 35.5. The van der Waals surface area contributed by atoms with Crippen LogP contribution in [0.3, 0.4) is 0 Å². The summed E-state index contributed by atoms with van der Waals surface area (Å²) in [6.45, 7) is 7.99. The van der Waals surface area contributed by atoms with Gasteiger partial charge in [0.05, 0.1) is 36.6 Å². The molecule has 0 radical (unpaired) electrons. The Morgan fingerprint density at radius 2 is 1.73 bits per heavy atom. The number of halogens is 2. The molecule has 1 fully saturated rings. The van der Waals surface area contributed by atoms with Gasteiger partial charge in [0.2, 0.25) is 17.7 Å². The minimum Gasteiger partial charge on any atom is -0.480 e. The van der Waals surface area contributed by atoms with Crippen LogP contribution >= 0.6 is 11.6 Å². The van der Waals surface area contributed by atoms with Crippen LogP contribution in [0.2, 0.25) is 5.02 Å². The molecule has 1 aliphatic heterocycles. The summed E-state index contributed by atoms with van der Waals surface area (Å²) in [5, 5.41) is 14.2. The van der Waals surface area contributed by atoms with E-state index in [1.54, 1.807) is 37.3 Å². The number of hydrogen-bond acceptors (Lipinski definition) is 12. The average Bonchev–Trinajstić information content (AvgIpc) is 3.19. The number of aromatic nitrogens is 4. The number of morpholine rings is 1. The lowest BCUT2D eigenvalue weighted by Gasteiger charge is -2.29. The van der Waals surface area contributed by atoms with Crippen LogP contribution in [0.25, 0.3) is 22.2 Å². The van der Waals surface area contributed by atoms with E-state index in [0.717, 1.165) is 24.8 Å². The molecule has 14 nitrogen and oxygen atoms in total. The fourth-order valence-corrected chi connectivity index (χ4v) is 6.28. The predicted octanol–water partition coefficient (Wildman–Crippen LogP) is 6.66. The van der Waals surface area contributed by atoms with E-state index in [9.17, 15) is 14.4 Å². The molecule has 0 saturated carbocycles. The maximum Gasteiger partial charge on any atom is 0.509 e. The fraction of sp³-hybridized carbons (Fsp3) is 0.325. The SMILES string of the molecule is COc1ccc(C(OC(=O)OCc2ccc(NC(=O)C(C)NC(=O)CC(C)C)cc2)c2cc(-c3ncnc4cc(N5CCOCC5)ccc34)c(F)cc2Cl)nn1. The van der Waals surface area contributed by atoms with Crippen LogP contribution in [-0.2, 0) is 30.4 Å². The van der Waals surface area contributed by atoms with Gasteiger partial charge in [-0.2, -0.15) is 0 Å². The summed E-state index contributed by atoms with van der Waals surface area (Å²) in [5.41, 5.74) is 3.43. The molecule has 1 aliphatic rings. The van der Waals surface area contributed by atoms with Crippen molar-refractivity contribution in [1.29, 1.82) is 0 Å². The molecule has 2 atom stereocenters. The third-order valence-corrected chi connectivity index (χ3v) is 9.24. The van der Waals surface area contributed by atoms with E-state index < -0.39 is 24.1 Å². The van der Waals surface area contributed by atoms with Crippen LogP contribution in [0.1, 0.15) is 50.1 Å². The number of carbonyl (C=O) groups excluding carboxylic acids is 3. The summed E-state index contributed by atoms with van der Waals surface area (Å²) in [6, 6.07) is 17.2. The van der Waals surface area contributed by atoms with Crippen LogP contribution in [0, 0.1) is 11.7 Å². The molecule has 2 unspecified atom stereocenters. The number of benzene rings is 3. The van der Waals surface area contributed by atoms with E-state index in [2.05, 4.69) is 35.7 Å². The zero-order valence-corrected chi connectivity index (χ0v) is 32.0. The summed E-state index contributed by atoms with van der Waals surface area (Å²) < 4.78 is 37.7. The van der Waals surface area contributed by atoms with E-state index in [0.29, 0.717) is 47.5 Å². The Labute approximate surface area is 327 Å². The zero-order valence-electron chi connectivity index (χ0n) is 31.3. The summed E-state index contributed by atoms with van der Waals surface area (Å²) in [7, 11) is 1.43. The smallest absolute Gasteiger partial charge is 0.480 e. The lowest BCUT2D eigenvalue weighted by molar-refractivity contribution is -0.126. The number of methoxy groups -OCH3 is 1. The molecule has 2 aromatic heterocycles.